The monoisotopic (exact) mass is 195 g/mol. The van der Waals surface area contributed by atoms with Crippen molar-refractivity contribution in [2.45, 2.75) is 18.9 Å². The lowest BCUT2D eigenvalue weighted by Gasteiger charge is -2.07. The fourth-order valence-electron chi connectivity index (χ4n) is 1.48. The SMILES string of the molecule is NCc1ncc(C2CCSC2)cn1. The van der Waals surface area contributed by atoms with Gasteiger partial charge in [0.05, 0.1) is 6.54 Å². The van der Waals surface area contributed by atoms with Gasteiger partial charge in [0.1, 0.15) is 5.82 Å². The van der Waals surface area contributed by atoms with Gasteiger partial charge < -0.3 is 5.73 Å². The Hall–Kier alpha value is -0.610. The van der Waals surface area contributed by atoms with E-state index in [2.05, 4.69) is 9.97 Å². The number of rotatable bonds is 2. The zero-order valence-electron chi connectivity index (χ0n) is 7.44. The Morgan fingerprint density at radius 3 is 2.77 bits per heavy atom. The molecule has 2 heterocycles. The van der Waals surface area contributed by atoms with Gasteiger partial charge in [-0.25, -0.2) is 9.97 Å². The summed E-state index contributed by atoms with van der Waals surface area (Å²) < 4.78 is 0. The minimum absolute atomic E-state index is 0.430. The number of thioether (sulfide) groups is 1. The molecule has 0 amide bonds. The first-order valence-corrected chi connectivity index (χ1v) is 5.64. The fraction of sp³-hybridized carbons (Fsp3) is 0.556. The summed E-state index contributed by atoms with van der Waals surface area (Å²) >= 11 is 2.01. The van der Waals surface area contributed by atoms with E-state index in [4.69, 9.17) is 5.73 Å². The summed E-state index contributed by atoms with van der Waals surface area (Å²) in [5, 5.41) is 0. The highest BCUT2D eigenvalue weighted by atomic mass is 32.2. The van der Waals surface area contributed by atoms with Gasteiger partial charge in [0.2, 0.25) is 0 Å². The third kappa shape index (κ3) is 2.00. The molecule has 0 aromatic carbocycles. The van der Waals surface area contributed by atoms with Crippen LogP contribution >= 0.6 is 11.8 Å². The molecular formula is C9H13N3S. The first-order valence-electron chi connectivity index (χ1n) is 4.49. The maximum absolute atomic E-state index is 5.42. The summed E-state index contributed by atoms with van der Waals surface area (Å²) in [6.45, 7) is 0.430. The lowest BCUT2D eigenvalue weighted by atomic mass is 10.0. The van der Waals surface area contributed by atoms with Gasteiger partial charge in [0, 0.05) is 18.1 Å². The van der Waals surface area contributed by atoms with Crippen molar-refractivity contribution in [2.24, 2.45) is 5.73 Å². The third-order valence-electron chi connectivity index (χ3n) is 2.31. The minimum atomic E-state index is 0.430. The minimum Gasteiger partial charge on any atom is -0.324 e. The van der Waals surface area contributed by atoms with Crippen molar-refractivity contribution < 1.29 is 0 Å². The first-order chi connectivity index (χ1) is 6.40. The van der Waals surface area contributed by atoms with Crippen LogP contribution < -0.4 is 5.73 Å². The Morgan fingerprint density at radius 1 is 1.46 bits per heavy atom. The van der Waals surface area contributed by atoms with Gasteiger partial charge >= 0.3 is 0 Å². The van der Waals surface area contributed by atoms with Crippen LogP contribution in [0.5, 0.6) is 0 Å². The molecule has 0 bridgehead atoms. The zero-order valence-corrected chi connectivity index (χ0v) is 8.26. The standard InChI is InChI=1S/C9H13N3S/c10-3-9-11-4-8(5-12-9)7-1-2-13-6-7/h4-5,7H,1-3,6,10H2. The molecule has 2 N–H and O–H groups in total. The van der Waals surface area contributed by atoms with Crippen molar-refractivity contribution >= 4 is 11.8 Å². The van der Waals surface area contributed by atoms with Crippen molar-refractivity contribution in [3.63, 3.8) is 0 Å². The van der Waals surface area contributed by atoms with Crippen LogP contribution in [0.25, 0.3) is 0 Å². The molecule has 1 aliphatic rings. The van der Waals surface area contributed by atoms with E-state index in [1.54, 1.807) is 0 Å². The molecule has 0 saturated carbocycles. The van der Waals surface area contributed by atoms with E-state index in [0.29, 0.717) is 12.5 Å². The second-order valence-electron chi connectivity index (χ2n) is 3.20. The van der Waals surface area contributed by atoms with Gasteiger partial charge in [0.25, 0.3) is 0 Å². The van der Waals surface area contributed by atoms with Gasteiger partial charge in [-0.3, -0.25) is 0 Å². The normalized spacial score (nSPS) is 22.1. The Morgan fingerprint density at radius 2 is 2.23 bits per heavy atom. The number of hydrogen-bond donors (Lipinski definition) is 1. The van der Waals surface area contributed by atoms with E-state index in [9.17, 15) is 0 Å². The lowest BCUT2D eigenvalue weighted by Crippen LogP contribution is -2.05. The predicted molar refractivity (Wildman–Crippen MR) is 54.6 cm³/mol. The van der Waals surface area contributed by atoms with E-state index in [-0.39, 0.29) is 0 Å². The maximum Gasteiger partial charge on any atom is 0.141 e. The van der Waals surface area contributed by atoms with Crippen LogP contribution in [0.1, 0.15) is 23.7 Å². The molecule has 4 heteroatoms. The topological polar surface area (TPSA) is 51.8 Å². The molecule has 3 nitrogen and oxygen atoms in total. The summed E-state index contributed by atoms with van der Waals surface area (Å²) in [4.78, 5) is 8.39. The van der Waals surface area contributed by atoms with Crippen LogP contribution in [0.3, 0.4) is 0 Å². The number of aromatic nitrogens is 2. The molecular weight excluding hydrogens is 182 g/mol. The molecule has 1 atom stereocenters. The molecule has 1 unspecified atom stereocenters. The van der Waals surface area contributed by atoms with Crippen molar-refractivity contribution in [1.82, 2.24) is 9.97 Å². The van der Waals surface area contributed by atoms with Crippen LogP contribution in [-0.4, -0.2) is 21.5 Å². The van der Waals surface area contributed by atoms with Crippen molar-refractivity contribution in [3.05, 3.63) is 23.8 Å². The van der Waals surface area contributed by atoms with Crippen LogP contribution in [0, 0.1) is 0 Å². The van der Waals surface area contributed by atoms with Gasteiger partial charge in [-0.1, -0.05) is 0 Å². The number of nitrogens with two attached hydrogens (primary N) is 1. The second kappa shape index (κ2) is 4.07. The van der Waals surface area contributed by atoms with Crippen LogP contribution in [0.2, 0.25) is 0 Å². The Kier molecular flexibility index (Phi) is 2.80. The van der Waals surface area contributed by atoms with Crippen LogP contribution in [0.4, 0.5) is 0 Å². The largest absolute Gasteiger partial charge is 0.324 e. The summed E-state index contributed by atoms with van der Waals surface area (Å²) in [6.07, 6.45) is 5.10. The van der Waals surface area contributed by atoms with E-state index in [1.807, 2.05) is 24.2 Å². The van der Waals surface area contributed by atoms with Crippen LogP contribution in [-0.2, 0) is 6.54 Å². The Labute approximate surface area is 82.2 Å². The van der Waals surface area contributed by atoms with Crippen LogP contribution in [0.15, 0.2) is 12.4 Å². The van der Waals surface area contributed by atoms with E-state index < -0.39 is 0 Å². The molecule has 1 saturated heterocycles. The summed E-state index contributed by atoms with van der Waals surface area (Å²) in [7, 11) is 0. The summed E-state index contributed by atoms with van der Waals surface area (Å²) in [5.41, 5.74) is 6.69. The molecule has 0 aliphatic carbocycles. The zero-order chi connectivity index (χ0) is 9.10. The number of nitrogens with zero attached hydrogens (tertiary/aromatic N) is 2. The highest BCUT2D eigenvalue weighted by Gasteiger charge is 2.17. The lowest BCUT2D eigenvalue weighted by molar-refractivity contribution is 0.760. The highest BCUT2D eigenvalue weighted by Crippen LogP contribution is 2.31. The van der Waals surface area contributed by atoms with E-state index in [1.165, 1.54) is 23.5 Å². The molecule has 1 aromatic heterocycles. The van der Waals surface area contributed by atoms with E-state index in [0.717, 1.165) is 5.82 Å². The summed E-state index contributed by atoms with van der Waals surface area (Å²) in [5.74, 6) is 3.88. The predicted octanol–water partition coefficient (Wildman–Crippen LogP) is 1.16. The third-order valence-corrected chi connectivity index (χ3v) is 3.47. The van der Waals surface area contributed by atoms with Crippen molar-refractivity contribution in [2.75, 3.05) is 11.5 Å². The fourth-order valence-corrected chi connectivity index (χ4v) is 2.74. The molecule has 70 valence electrons. The molecule has 2 rings (SSSR count). The van der Waals surface area contributed by atoms with Gasteiger partial charge in [-0.2, -0.15) is 11.8 Å². The van der Waals surface area contributed by atoms with Gasteiger partial charge in [0.15, 0.2) is 0 Å². The van der Waals surface area contributed by atoms with Gasteiger partial charge in [-0.15, -0.1) is 0 Å². The van der Waals surface area contributed by atoms with Gasteiger partial charge in [-0.05, 0) is 23.7 Å². The summed E-state index contributed by atoms with van der Waals surface area (Å²) in [6, 6.07) is 0. The average Bonchev–Trinajstić information content (AvgIpc) is 2.71. The smallest absolute Gasteiger partial charge is 0.141 e. The first kappa shape index (κ1) is 8.97. The quantitative estimate of drug-likeness (QED) is 0.769. The molecule has 0 spiro atoms. The highest BCUT2D eigenvalue weighted by molar-refractivity contribution is 7.99. The molecule has 1 aromatic rings. The maximum atomic E-state index is 5.42. The van der Waals surface area contributed by atoms with E-state index >= 15 is 0 Å². The van der Waals surface area contributed by atoms with Crippen molar-refractivity contribution in [3.8, 4) is 0 Å². The van der Waals surface area contributed by atoms with Crippen molar-refractivity contribution in [1.29, 1.82) is 0 Å². The molecule has 1 aliphatic heterocycles. The molecule has 1 fully saturated rings. The number of hydrogen-bond acceptors (Lipinski definition) is 4. The molecule has 0 radical (unpaired) electrons. The average molecular weight is 195 g/mol. The Bertz CT molecular complexity index is 267. The Balaban J connectivity index is 2.12. The second-order valence-corrected chi connectivity index (χ2v) is 4.35. The molecule has 13 heavy (non-hydrogen) atoms.